The van der Waals surface area contributed by atoms with Gasteiger partial charge in [-0.1, -0.05) is 47.7 Å². The van der Waals surface area contributed by atoms with Crippen LogP contribution in [-0.4, -0.2) is 22.8 Å². The molecule has 1 aromatic carbocycles. The highest BCUT2D eigenvalue weighted by Crippen LogP contribution is 2.17. The molecule has 2 rings (SSSR count). The minimum absolute atomic E-state index is 0.230. The van der Waals surface area contributed by atoms with Gasteiger partial charge in [-0.3, -0.25) is 10.00 Å². The van der Waals surface area contributed by atoms with Gasteiger partial charge in [0.1, 0.15) is 0 Å². The van der Waals surface area contributed by atoms with Crippen LogP contribution >= 0.6 is 23.6 Å². The Morgan fingerprint density at radius 2 is 2.25 bits per heavy atom. The van der Waals surface area contributed by atoms with Crippen LogP contribution < -0.4 is 10.2 Å². The second-order valence-corrected chi connectivity index (χ2v) is 5.58. The first kappa shape index (κ1) is 14.4. The Labute approximate surface area is 126 Å². The first-order valence-corrected chi connectivity index (χ1v) is 7.19. The Kier molecular flexibility index (Phi) is 5.03. The van der Waals surface area contributed by atoms with Crippen molar-refractivity contribution in [2.24, 2.45) is 0 Å². The van der Waals surface area contributed by atoms with Crippen molar-refractivity contribution >= 4 is 34.7 Å². The second-order valence-electron chi connectivity index (χ2n) is 3.94. The maximum Gasteiger partial charge on any atom is 0.324 e. The molecule has 20 heavy (non-hydrogen) atoms. The number of hydrogen-bond donors (Lipinski definition) is 2. The van der Waals surface area contributed by atoms with Gasteiger partial charge in [-0.05, 0) is 17.8 Å². The van der Waals surface area contributed by atoms with Crippen molar-refractivity contribution in [3.63, 3.8) is 0 Å². The molecule has 0 aliphatic carbocycles. The number of nitrogens with one attached hydrogen (secondary N) is 2. The molecule has 0 radical (unpaired) electrons. The topological polar surface area (TPSA) is 61.0 Å². The Balaban J connectivity index is 2.04. The number of H-pyrrole nitrogens is 1. The Morgan fingerprint density at radius 1 is 1.50 bits per heavy atom. The molecule has 0 saturated carbocycles. The average molecular weight is 306 g/mol. The molecule has 1 aromatic heterocycles. The van der Waals surface area contributed by atoms with Crippen LogP contribution in [0.25, 0.3) is 0 Å². The molecule has 0 aliphatic rings. The largest absolute Gasteiger partial charge is 0.334 e. The van der Waals surface area contributed by atoms with E-state index in [1.807, 2.05) is 30.3 Å². The number of nitrogens with zero attached hydrogens (tertiary/aromatic N) is 2. The second kappa shape index (κ2) is 6.97. The molecular formula is C13H14N4OS2. The minimum atomic E-state index is -0.230. The van der Waals surface area contributed by atoms with Crippen LogP contribution in [0.4, 0.5) is 9.93 Å². The SMILES string of the molecule is C=CCN(C(=O)NCc1ccccc1)c1n[nH]c(=S)s1. The van der Waals surface area contributed by atoms with Gasteiger partial charge >= 0.3 is 6.03 Å². The molecule has 2 amide bonds. The smallest absolute Gasteiger partial charge is 0.324 e. The molecule has 0 saturated heterocycles. The van der Waals surface area contributed by atoms with E-state index in [-0.39, 0.29) is 6.03 Å². The first-order chi connectivity index (χ1) is 9.70. The third-order valence-corrected chi connectivity index (χ3v) is 3.61. The van der Waals surface area contributed by atoms with Gasteiger partial charge in [0.2, 0.25) is 5.13 Å². The maximum atomic E-state index is 12.2. The fraction of sp³-hybridized carbons (Fsp3) is 0.154. The maximum absolute atomic E-state index is 12.2. The van der Waals surface area contributed by atoms with E-state index in [9.17, 15) is 4.79 Å². The van der Waals surface area contributed by atoms with Crippen LogP contribution in [0.5, 0.6) is 0 Å². The summed E-state index contributed by atoms with van der Waals surface area (Å²) in [6, 6.07) is 9.48. The van der Waals surface area contributed by atoms with Gasteiger partial charge in [0.15, 0.2) is 3.95 Å². The highest BCUT2D eigenvalue weighted by atomic mass is 32.1. The van der Waals surface area contributed by atoms with Crippen molar-refractivity contribution in [3.05, 3.63) is 52.5 Å². The Hall–Kier alpha value is -1.99. The zero-order valence-corrected chi connectivity index (χ0v) is 12.3. The van der Waals surface area contributed by atoms with Gasteiger partial charge in [0.25, 0.3) is 0 Å². The minimum Gasteiger partial charge on any atom is -0.334 e. The zero-order valence-electron chi connectivity index (χ0n) is 10.7. The predicted molar refractivity (Wildman–Crippen MR) is 83.5 cm³/mol. The van der Waals surface area contributed by atoms with Crippen LogP contribution in [0.2, 0.25) is 0 Å². The monoisotopic (exact) mass is 306 g/mol. The highest BCUT2D eigenvalue weighted by Gasteiger charge is 2.17. The Morgan fingerprint density at radius 3 is 2.85 bits per heavy atom. The van der Waals surface area contributed by atoms with Crippen molar-refractivity contribution in [3.8, 4) is 0 Å². The zero-order chi connectivity index (χ0) is 14.4. The van der Waals surface area contributed by atoms with Crippen molar-refractivity contribution in [1.29, 1.82) is 0 Å². The average Bonchev–Trinajstić information content (AvgIpc) is 2.89. The van der Waals surface area contributed by atoms with Gasteiger partial charge in [-0.25, -0.2) is 4.79 Å². The van der Waals surface area contributed by atoms with Crippen molar-refractivity contribution < 1.29 is 4.79 Å². The van der Waals surface area contributed by atoms with E-state index in [1.165, 1.54) is 16.2 Å². The lowest BCUT2D eigenvalue weighted by Gasteiger charge is -2.18. The molecule has 0 bridgehead atoms. The molecular weight excluding hydrogens is 292 g/mol. The number of anilines is 1. The normalized spacial score (nSPS) is 10.0. The number of rotatable bonds is 5. The fourth-order valence-corrected chi connectivity index (χ4v) is 2.47. The van der Waals surface area contributed by atoms with Crippen LogP contribution in [0.3, 0.4) is 0 Å². The standard InChI is InChI=1S/C13H14N4OS2/c1-2-8-17(12-15-16-13(19)20-12)11(18)14-9-10-6-4-3-5-7-10/h2-7H,1,8-9H2,(H,14,18)(H,16,19). The summed E-state index contributed by atoms with van der Waals surface area (Å²) in [7, 11) is 0. The van der Waals surface area contributed by atoms with Crippen molar-refractivity contribution in [2.45, 2.75) is 6.54 Å². The van der Waals surface area contributed by atoms with Crippen LogP contribution in [0.15, 0.2) is 43.0 Å². The van der Waals surface area contributed by atoms with E-state index in [0.717, 1.165) is 5.56 Å². The molecule has 7 heteroatoms. The molecule has 0 unspecified atom stereocenters. The summed E-state index contributed by atoms with van der Waals surface area (Å²) in [5.41, 5.74) is 1.04. The van der Waals surface area contributed by atoms with Gasteiger partial charge in [0, 0.05) is 13.1 Å². The highest BCUT2D eigenvalue weighted by molar-refractivity contribution is 7.73. The van der Waals surface area contributed by atoms with Crippen molar-refractivity contribution in [2.75, 3.05) is 11.4 Å². The predicted octanol–water partition coefficient (Wildman–Crippen LogP) is 3.10. The summed E-state index contributed by atoms with van der Waals surface area (Å²) in [6.07, 6.45) is 1.65. The molecule has 2 aromatic rings. The van der Waals surface area contributed by atoms with Gasteiger partial charge < -0.3 is 5.32 Å². The van der Waals surface area contributed by atoms with Gasteiger partial charge in [0.05, 0.1) is 0 Å². The molecule has 0 spiro atoms. The molecule has 0 fully saturated rings. The van der Waals surface area contributed by atoms with Crippen LogP contribution in [0.1, 0.15) is 5.56 Å². The first-order valence-electron chi connectivity index (χ1n) is 5.96. The van der Waals surface area contributed by atoms with Gasteiger partial charge in [-0.2, -0.15) is 0 Å². The quantitative estimate of drug-likeness (QED) is 0.659. The van der Waals surface area contributed by atoms with Crippen LogP contribution in [-0.2, 0) is 6.54 Å². The van der Waals surface area contributed by atoms with Crippen LogP contribution in [0, 0.1) is 3.95 Å². The number of urea groups is 1. The van der Waals surface area contributed by atoms with Gasteiger partial charge in [-0.15, -0.1) is 11.7 Å². The number of aromatic amines is 1. The molecule has 2 N–H and O–H groups in total. The van der Waals surface area contributed by atoms with E-state index in [0.29, 0.717) is 22.2 Å². The molecule has 1 heterocycles. The number of hydrogen-bond acceptors (Lipinski definition) is 4. The molecule has 0 atom stereocenters. The number of benzene rings is 1. The number of carbonyl (C=O) groups is 1. The van der Waals surface area contributed by atoms with E-state index < -0.39 is 0 Å². The summed E-state index contributed by atoms with van der Waals surface area (Å²) < 4.78 is 0.532. The van der Waals surface area contributed by atoms with E-state index in [2.05, 4.69) is 22.1 Å². The van der Waals surface area contributed by atoms with Crippen molar-refractivity contribution in [1.82, 2.24) is 15.5 Å². The summed E-state index contributed by atoms with van der Waals surface area (Å²) in [5, 5.41) is 10.1. The summed E-state index contributed by atoms with van der Waals surface area (Å²) >= 11 is 6.23. The molecule has 5 nitrogen and oxygen atoms in total. The number of amides is 2. The van der Waals surface area contributed by atoms with E-state index in [4.69, 9.17) is 12.2 Å². The Bertz CT molecular complexity index is 635. The molecule has 104 valence electrons. The third-order valence-electron chi connectivity index (χ3n) is 2.50. The van der Waals surface area contributed by atoms with E-state index in [1.54, 1.807) is 6.08 Å². The van der Waals surface area contributed by atoms with E-state index >= 15 is 0 Å². The number of aromatic nitrogens is 2. The third kappa shape index (κ3) is 3.75. The lowest BCUT2D eigenvalue weighted by atomic mass is 10.2. The summed E-state index contributed by atoms with van der Waals surface area (Å²) in [6.45, 7) is 4.49. The summed E-state index contributed by atoms with van der Waals surface area (Å²) in [4.78, 5) is 13.7. The number of carbonyl (C=O) groups excluding carboxylic acids is 1. The summed E-state index contributed by atoms with van der Waals surface area (Å²) in [5.74, 6) is 0. The lowest BCUT2D eigenvalue weighted by molar-refractivity contribution is 0.246. The molecule has 0 aliphatic heterocycles. The lowest BCUT2D eigenvalue weighted by Crippen LogP contribution is -2.39. The fourth-order valence-electron chi connectivity index (χ4n) is 1.58.